The molecule has 278 valence electrons. The van der Waals surface area contributed by atoms with Gasteiger partial charge in [0.2, 0.25) is 0 Å². The van der Waals surface area contributed by atoms with Gasteiger partial charge in [-0.25, -0.2) is 0 Å². The van der Waals surface area contributed by atoms with Crippen LogP contribution in [0.5, 0.6) is 23.0 Å². The maximum absolute atomic E-state index is 6.83. The van der Waals surface area contributed by atoms with Gasteiger partial charge in [0.1, 0.15) is 23.0 Å². The molecule has 0 heterocycles. The van der Waals surface area contributed by atoms with Gasteiger partial charge in [0.15, 0.2) is 0 Å². The summed E-state index contributed by atoms with van der Waals surface area (Å²) in [4.78, 5) is 0. The first-order valence-corrected chi connectivity index (χ1v) is 19.7. The molecular formula is C53H44N2O2. The molecule has 4 heteroatoms. The first-order chi connectivity index (χ1) is 28.0. The second-order valence-corrected chi connectivity index (χ2v) is 14.6. The lowest BCUT2D eigenvalue weighted by atomic mass is 9.67. The molecule has 0 atom stereocenters. The van der Waals surface area contributed by atoms with Crippen molar-refractivity contribution in [1.82, 2.24) is 0 Å². The molecule has 0 amide bonds. The fraction of sp³-hybridized carbons (Fsp3) is 0.0943. The van der Waals surface area contributed by atoms with Gasteiger partial charge < -0.3 is 20.9 Å². The van der Waals surface area contributed by atoms with E-state index in [2.05, 4.69) is 159 Å². The largest absolute Gasteiger partial charge is 0.456 e. The van der Waals surface area contributed by atoms with Gasteiger partial charge in [0.05, 0.1) is 5.41 Å². The van der Waals surface area contributed by atoms with Crippen LogP contribution in [0.4, 0.5) is 11.4 Å². The molecule has 4 nitrogen and oxygen atoms in total. The van der Waals surface area contributed by atoms with E-state index in [1.165, 1.54) is 22.3 Å². The third-order valence-corrected chi connectivity index (χ3v) is 11.3. The topological polar surface area (TPSA) is 70.5 Å². The molecule has 0 bridgehead atoms. The maximum atomic E-state index is 6.83. The Morgan fingerprint density at radius 2 is 0.772 bits per heavy atom. The molecule has 1 aliphatic rings. The number of hydrogen-bond donors (Lipinski definition) is 2. The van der Waals surface area contributed by atoms with Crippen LogP contribution in [0, 0.1) is 0 Å². The summed E-state index contributed by atoms with van der Waals surface area (Å²) >= 11 is 0. The van der Waals surface area contributed by atoms with Gasteiger partial charge in [-0.2, -0.15) is 0 Å². The second kappa shape index (κ2) is 14.9. The molecule has 0 aromatic heterocycles. The number of benzene rings is 8. The monoisotopic (exact) mass is 740 g/mol. The van der Waals surface area contributed by atoms with Crippen molar-refractivity contribution >= 4 is 11.4 Å². The van der Waals surface area contributed by atoms with Gasteiger partial charge in [0, 0.05) is 22.5 Å². The van der Waals surface area contributed by atoms with Gasteiger partial charge in [-0.3, -0.25) is 0 Å². The number of nitrogen functional groups attached to an aromatic ring is 2. The Morgan fingerprint density at radius 3 is 1.19 bits per heavy atom. The fourth-order valence-corrected chi connectivity index (χ4v) is 8.60. The number of hydrogen-bond acceptors (Lipinski definition) is 4. The molecule has 0 fully saturated rings. The zero-order valence-electron chi connectivity index (χ0n) is 32.2. The van der Waals surface area contributed by atoms with E-state index in [0.29, 0.717) is 0 Å². The van der Waals surface area contributed by atoms with E-state index in [4.69, 9.17) is 20.9 Å². The molecule has 0 unspecified atom stereocenters. The summed E-state index contributed by atoms with van der Waals surface area (Å²) < 4.78 is 13.7. The highest BCUT2D eigenvalue weighted by Gasteiger charge is 2.46. The van der Waals surface area contributed by atoms with Crippen LogP contribution < -0.4 is 20.9 Å². The third kappa shape index (κ3) is 6.30. The summed E-state index contributed by atoms with van der Waals surface area (Å²) in [7, 11) is 0. The quantitative estimate of drug-likeness (QED) is 0.137. The van der Waals surface area contributed by atoms with Crippen molar-refractivity contribution in [3.8, 4) is 56.4 Å². The van der Waals surface area contributed by atoms with Crippen molar-refractivity contribution in [2.75, 3.05) is 11.5 Å². The number of aryl methyl sites for hydroxylation is 2. The first kappa shape index (κ1) is 35.6. The fourth-order valence-electron chi connectivity index (χ4n) is 8.60. The molecule has 1 aliphatic carbocycles. The summed E-state index contributed by atoms with van der Waals surface area (Å²) in [6.45, 7) is 4.25. The van der Waals surface area contributed by atoms with Crippen LogP contribution in [0.1, 0.15) is 47.2 Å². The van der Waals surface area contributed by atoms with Crippen LogP contribution in [-0.2, 0) is 18.3 Å². The molecular weight excluding hydrogens is 697 g/mol. The van der Waals surface area contributed by atoms with E-state index in [9.17, 15) is 0 Å². The van der Waals surface area contributed by atoms with Crippen LogP contribution in [0.3, 0.4) is 0 Å². The van der Waals surface area contributed by atoms with E-state index in [1.807, 2.05) is 36.4 Å². The third-order valence-electron chi connectivity index (χ3n) is 11.3. The molecule has 0 aliphatic heterocycles. The summed E-state index contributed by atoms with van der Waals surface area (Å²) in [6, 6.07) is 63.9. The van der Waals surface area contributed by atoms with E-state index in [0.717, 1.165) is 91.7 Å². The van der Waals surface area contributed by atoms with Crippen molar-refractivity contribution in [2.45, 2.75) is 32.1 Å². The lowest BCUT2D eigenvalue weighted by Gasteiger charge is -2.35. The lowest BCUT2D eigenvalue weighted by molar-refractivity contribution is 0.478. The molecule has 0 spiro atoms. The predicted molar refractivity (Wildman–Crippen MR) is 235 cm³/mol. The summed E-state index contributed by atoms with van der Waals surface area (Å²) in [5.41, 5.74) is 26.6. The minimum absolute atomic E-state index is 0.678. The van der Waals surface area contributed by atoms with Crippen molar-refractivity contribution < 1.29 is 9.47 Å². The Kier molecular flexibility index (Phi) is 9.31. The Balaban J connectivity index is 1.31. The highest BCUT2D eigenvalue weighted by molar-refractivity contribution is 5.88. The standard InChI is InChI=1S/C53H44N2O2/c1-3-35-31-41(54)25-29-49(35)56-51-27-23-39(33-45(51)37-15-7-5-8-16-37)53(47-21-13-11-19-43(47)44-20-12-14-22-48(44)53)40-24-28-52(46(34-40)38-17-9-6-10-18-38)57-50-30-26-42(55)32-36(50)4-2/h5-34H,3-4,54-55H2,1-2H3. The summed E-state index contributed by atoms with van der Waals surface area (Å²) in [5.74, 6) is 3.17. The van der Waals surface area contributed by atoms with Crippen LogP contribution in [0.25, 0.3) is 33.4 Å². The first-order valence-electron chi connectivity index (χ1n) is 19.7. The lowest BCUT2D eigenvalue weighted by Crippen LogP contribution is -2.28. The van der Waals surface area contributed by atoms with Crippen molar-refractivity contribution in [3.05, 3.63) is 215 Å². The molecule has 8 aromatic carbocycles. The Labute approximate surface area is 335 Å². The Morgan fingerprint density at radius 1 is 0.386 bits per heavy atom. The van der Waals surface area contributed by atoms with E-state index in [-0.39, 0.29) is 0 Å². The highest BCUT2D eigenvalue weighted by atomic mass is 16.5. The normalized spacial score (nSPS) is 12.5. The smallest absolute Gasteiger partial charge is 0.135 e. The number of anilines is 2. The molecule has 0 saturated carbocycles. The number of fused-ring (bicyclic) bond motifs is 3. The zero-order chi connectivity index (χ0) is 38.9. The molecule has 8 aromatic rings. The predicted octanol–water partition coefficient (Wildman–Crippen LogP) is 13.3. The van der Waals surface area contributed by atoms with Gasteiger partial charge in [-0.15, -0.1) is 0 Å². The van der Waals surface area contributed by atoms with Gasteiger partial charge in [-0.05, 0) is 129 Å². The SMILES string of the molecule is CCc1cc(N)ccc1Oc1ccc(C2(c3ccc(Oc4ccc(N)cc4CC)c(-c4ccccc4)c3)c3ccccc3-c3ccccc32)cc1-c1ccccc1. The van der Waals surface area contributed by atoms with Crippen LogP contribution in [-0.4, -0.2) is 0 Å². The van der Waals surface area contributed by atoms with Crippen LogP contribution in [0.2, 0.25) is 0 Å². The highest BCUT2D eigenvalue weighted by Crippen LogP contribution is 2.58. The molecule has 0 saturated heterocycles. The minimum Gasteiger partial charge on any atom is -0.456 e. The molecule has 57 heavy (non-hydrogen) atoms. The zero-order valence-corrected chi connectivity index (χ0v) is 32.2. The summed E-state index contributed by atoms with van der Waals surface area (Å²) in [6.07, 6.45) is 1.61. The average molecular weight is 741 g/mol. The van der Waals surface area contributed by atoms with Crippen molar-refractivity contribution in [2.24, 2.45) is 0 Å². The van der Waals surface area contributed by atoms with Crippen molar-refractivity contribution in [3.63, 3.8) is 0 Å². The van der Waals surface area contributed by atoms with E-state index in [1.54, 1.807) is 0 Å². The number of ether oxygens (including phenoxy) is 2. The second-order valence-electron chi connectivity index (χ2n) is 14.6. The molecule has 4 N–H and O–H groups in total. The van der Waals surface area contributed by atoms with Gasteiger partial charge >= 0.3 is 0 Å². The minimum atomic E-state index is -0.678. The molecule has 0 radical (unpaired) electrons. The van der Waals surface area contributed by atoms with E-state index >= 15 is 0 Å². The van der Waals surface area contributed by atoms with Gasteiger partial charge in [-0.1, -0.05) is 135 Å². The Hall–Kier alpha value is -7.04. The number of rotatable bonds is 10. The molecule has 9 rings (SSSR count). The Bertz CT molecular complexity index is 2550. The average Bonchev–Trinajstić information content (AvgIpc) is 3.56. The van der Waals surface area contributed by atoms with E-state index < -0.39 is 5.41 Å². The summed E-state index contributed by atoms with van der Waals surface area (Å²) in [5, 5.41) is 0. The maximum Gasteiger partial charge on any atom is 0.135 e. The van der Waals surface area contributed by atoms with Crippen LogP contribution >= 0.6 is 0 Å². The number of nitrogens with two attached hydrogens (primary N) is 2. The van der Waals surface area contributed by atoms with Gasteiger partial charge in [0.25, 0.3) is 0 Å². The van der Waals surface area contributed by atoms with Crippen molar-refractivity contribution in [1.29, 1.82) is 0 Å². The van der Waals surface area contributed by atoms with Crippen LogP contribution in [0.15, 0.2) is 182 Å².